The maximum absolute atomic E-state index is 13.7. The highest BCUT2D eigenvalue weighted by Crippen LogP contribution is 2.45. The third kappa shape index (κ3) is 7.70. The van der Waals surface area contributed by atoms with E-state index in [0.29, 0.717) is 53.9 Å². The molecule has 0 aliphatic carbocycles. The van der Waals surface area contributed by atoms with E-state index in [4.69, 9.17) is 18.9 Å². The van der Waals surface area contributed by atoms with E-state index in [2.05, 4.69) is 18.8 Å². The van der Waals surface area contributed by atoms with E-state index >= 15 is 0 Å². The molecule has 1 fully saturated rings. The van der Waals surface area contributed by atoms with E-state index in [-0.39, 0.29) is 27.9 Å². The van der Waals surface area contributed by atoms with Crippen LogP contribution in [0.3, 0.4) is 0 Å². The molecule has 10 nitrogen and oxygen atoms in total. The Morgan fingerprint density at radius 3 is 2.28 bits per heavy atom. The fourth-order valence-electron chi connectivity index (χ4n) is 5.03. The Morgan fingerprint density at radius 1 is 0.891 bits per heavy atom. The Kier molecular flexibility index (Phi) is 12.2. The number of anilines is 1. The number of carbonyl (C=O) groups is 3. The number of nitrogens with zero attached hydrogens (tertiary/aromatic N) is 2. The maximum Gasteiger partial charge on any atom is 0.350 e. The van der Waals surface area contributed by atoms with Crippen LogP contribution in [-0.4, -0.2) is 54.2 Å². The highest BCUT2D eigenvalue weighted by molar-refractivity contribution is 7.17. The van der Waals surface area contributed by atoms with Gasteiger partial charge in [0.1, 0.15) is 16.4 Å². The number of esters is 1. The largest absolute Gasteiger partial charge is 0.507 e. The SMILES string of the molecule is CCCCCOc1ccc([C@@H]2C(=C(O)c3ccc(OCCCC)cc3)C(=O)C(=O)N2c2nc(C)c(C(=O)OCC)s2)cc1OCC. The molecule has 1 N–H and O–H groups in total. The third-order valence-electron chi connectivity index (χ3n) is 7.38. The second-order valence-corrected chi connectivity index (χ2v) is 11.7. The summed E-state index contributed by atoms with van der Waals surface area (Å²) >= 11 is 0.954. The van der Waals surface area contributed by atoms with Crippen LogP contribution in [0.15, 0.2) is 48.0 Å². The van der Waals surface area contributed by atoms with Gasteiger partial charge in [-0.25, -0.2) is 9.78 Å². The molecule has 1 saturated heterocycles. The number of aryl methyl sites for hydroxylation is 1. The van der Waals surface area contributed by atoms with Crippen LogP contribution in [0.25, 0.3) is 5.76 Å². The summed E-state index contributed by atoms with van der Waals surface area (Å²) in [5.74, 6) is -1.07. The Bertz CT molecular complexity index is 1560. The second kappa shape index (κ2) is 16.3. The quantitative estimate of drug-likeness (QED) is 0.0555. The number of ketones is 1. The predicted octanol–water partition coefficient (Wildman–Crippen LogP) is 7.40. The molecule has 0 radical (unpaired) electrons. The summed E-state index contributed by atoms with van der Waals surface area (Å²) in [6.07, 6.45) is 4.88. The van der Waals surface area contributed by atoms with Crippen LogP contribution >= 0.6 is 11.3 Å². The molecule has 1 atom stereocenters. The Labute approximate surface area is 274 Å². The van der Waals surface area contributed by atoms with Gasteiger partial charge in [-0.3, -0.25) is 14.5 Å². The summed E-state index contributed by atoms with van der Waals surface area (Å²) in [5.41, 5.74) is 1.09. The number of amides is 1. The number of carbonyl (C=O) groups excluding carboxylic acids is 3. The van der Waals surface area contributed by atoms with Gasteiger partial charge in [0.15, 0.2) is 16.6 Å². The van der Waals surface area contributed by atoms with Crippen molar-refractivity contribution in [3.8, 4) is 17.2 Å². The van der Waals surface area contributed by atoms with Gasteiger partial charge >= 0.3 is 11.9 Å². The van der Waals surface area contributed by atoms with Crippen molar-refractivity contribution >= 4 is 39.9 Å². The van der Waals surface area contributed by atoms with Gasteiger partial charge in [-0.15, -0.1) is 0 Å². The van der Waals surface area contributed by atoms with Gasteiger partial charge in [-0.2, -0.15) is 0 Å². The van der Waals surface area contributed by atoms with Gasteiger partial charge in [0, 0.05) is 5.56 Å². The van der Waals surface area contributed by atoms with Crippen molar-refractivity contribution < 1.29 is 38.4 Å². The molecule has 1 aromatic heterocycles. The molecule has 4 rings (SSSR count). The summed E-state index contributed by atoms with van der Waals surface area (Å²) in [7, 11) is 0. The first-order valence-electron chi connectivity index (χ1n) is 15.8. The monoisotopic (exact) mass is 650 g/mol. The number of benzene rings is 2. The minimum atomic E-state index is -1.07. The van der Waals surface area contributed by atoms with Gasteiger partial charge in [-0.1, -0.05) is 50.5 Å². The number of hydrogen-bond acceptors (Lipinski definition) is 10. The number of ether oxygens (including phenoxy) is 4. The minimum Gasteiger partial charge on any atom is -0.507 e. The summed E-state index contributed by atoms with van der Waals surface area (Å²) in [6, 6.07) is 10.8. The van der Waals surface area contributed by atoms with Gasteiger partial charge in [0.05, 0.1) is 43.7 Å². The lowest BCUT2D eigenvalue weighted by Gasteiger charge is -2.24. The lowest BCUT2D eigenvalue weighted by Crippen LogP contribution is -2.29. The van der Waals surface area contributed by atoms with E-state index in [0.717, 1.165) is 43.4 Å². The maximum atomic E-state index is 13.7. The molecule has 46 heavy (non-hydrogen) atoms. The fraction of sp³-hybridized carbons (Fsp3) is 0.429. The summed E-state index contributed by atoms with van der Waals surface area (Å²) in [5, 5.41) is 11.7. The van der Waals surface area contributed by atoms with E-state index in [1.54, 1.807) is 56.3 Å². The number of aliphatic hydroxyl groups is 1. The molecular weight excluding hydrogens is 608 g/mol. The highest BCUT2D eigenvalue weighted by atomic mass is 32.1. The lowest BCUT2D eigenvalue weighted by molar-refractivity contribution is -0.132. The molecule has 1 aliphatic rings. The summed E-state index contributed by atoms with van der Waals surface area (Å²) < 4.78 is 22.9. The predicted molar refractivity (Wildman–Crippen MR) is 177 cm³/mol. The molecule has 0 saturated carbocycles. The summed E-state index contributed by atoms with van der Waals surface area (Å²) in [6.45, 7) is 11.0. The standard InChI is InChI=1S/C35H42N2O8S/c1-6-10-12-20-45-26-18-15-24(21-27(26)42-8-3)29-28(30(38)23-13-16-25(17-14-23)44-19-11-7-2)31(39)33(40)37(29)35-36-22(5)32(46-35)34(41)43-9-4/h13-18,21,29,38H,6-12,19-20H2,1-5H3/t29-/m1/s1. The van der Waals surface area contributed by atoms with Crippen LogP contribution in [0, 0.1) is 6.92 Å². The van der Waals surface area contributed by atoms with E-state index in [1.807, 2.05) is 6.92 Å². The number of thiazole rings is 1. The molecule has 1 aliphatic heterocycles. The molecule has 3 aromatic rings. The summed E-state index contributed by atoms with van der Waals surface area (Å²) in [4.78, 5) is 46.0. The minimum absolute atomic E-state index is 0.116. The number of rotatable bonds is 16. The zero-order chi connectivity index (χ0) is 33.2. The molecule has 246 valence electrons. The average Bonchev–Trinajstić information content (AvgIpc) is 3.56. The number of aliphatic hydroxyl groups excluding tert-OH is 1. The zero-order valence-electron chi connectivity index (χ0n) is 27.1. The number of Topliss-reactive ketones (excluding diaryl/α,β-unsaturated/α-hetero) is 1. The molecule has 2 heterocycles. The van der Waals surface area contributed by atoms with Crippen molar-refractivity contribution in [2.24, 2.45) is 0 Å². The number of unbranched alkanes of at least 4 members (excludes halogenated alkanes) is 3. The normalized spacial score (nSPS) is 15.7. The van der Waals surface area contributed by atoms with Crippen LogP contribution in [0.4, 0.5) is 5.13 Å². The van der Waals surface area contributed by atoms with E-state index in [9.17, 15) is 19.5 Å². The average molecular weight is 651 g/mol. The number of aromatic nitrogens is 1. The molecule has 0 bridgehead atoms. The first-order valence-corrected chi connectivity index (χ1v) is 16.6. The molecule has 11 heteroatoms. The molecule has 0 unspecified atom stereocenters. The van der Waals surface area contributed by atoms with Crippen molar-refractivity contribution in [2.45, 2.75) is 72.8 Å². The van der Waals surface area contributed by atoms with Crippen LogP contribution in [0.5, 0.6) is 17.2 Å². The second-order valence-electron chi connectivity index (χ2n) is 10.7. The smallest absolute Gasteiger partial charge is 0.350 e. The Hall–Kier alpha value is -4.38. The van der Waals surface area contributed by atoms with Gasteiger partial charge in [0.2, 0.25) is 0 Å². The van der Waals surface area contributed by atoms with Crippen molar-refractivity contribution in [3.63, 3.8) is 0 Å². The van der Waals surface area contributed by atoms with Crippen molar-refractivity contribution in [3.05, 3.63) is 69.7 Å². The van der Waals surface area contributed by atoms with Crippen LogP contribution in [-0.2, 0) is 14.3 Å². The molecule has 2 aromatic carbocycles. The molecular formula is C35H42N2O8S. The first-order chi connectivity index (χ1) is 22.2. The third-order valence-corrected chi connectivity index (χ3v) is 8.52. The van der Waals surface area contributed by atoms with Crippen LogP contribution in [0.1, 0.15) is 92.3 Å². The number of hydrogen-bond donors (Lipinski definition) is 1. The first kappa shape index (κ1) is 34.5. The van der Waals surface area contributed by atoms with E-state index < -0.39 is 23.7 Å². The van der Waals surface area contributed by atoms with Crippen LogP contribution in [0.2, 0.25) is 0 Å². The van der Waals surface area contributed by atoms with Crippen molar-refractivity contribution in [1.82, 2.24) is 4.98 Å². The molecule has 0 spiro atoms. The van der Waals surface area contributed by atoms with E-state index in [1.165, 1.54) is 4.90 Å². The topological polar surface area (TPSA) is 124 Å². The van der Waals surface area contributed by atoms with Gasteiger partial charge < -0.3 is 24.1 Å². The Balaban J connectivity index is 1.83. The highest BCUT2D eigenvalue weighted by Gasteiger charge is 2.48. The van der Waals surface area contributed by atoms with Gasteiger partial charge in [-0.05, 0) is 75.6 Å². The van der Waals surface area contributed by atoms with Crippen LogP contribution < -0.4 is 19.1 Å². The van der Waals surface area contributed by atoms with Gasteiger partial charge in [0.25, 0.3) is 5.78 Å². The molecule has 1 amide bonds. The van der Waals surface area contributed by atoms with Crippen molar-refractivity contribution in [1.29, 1.82) is 0 Å². The lowest BCUT2D eigenvalue weighted by atomic mass is 9.95. The fourth-order valence-corrected chi connectivity index (χ4v) is 6.02. The zero-order valence-corrected chi connectivity index (χ0v) is 27.9. The Morgan fingerprint density at radius 2 is 1.61 bits per heavy atom. The van der Waals surface area contributed by atoms with Crippen molar-refractivity contribution in [2.75, 3.05) is 31.3 Å².